The molecule has 0 spiro atoms. The molecule has 0 atom stereocenters. The van der Waals surface area contributed by atoms with Gasteiger partial charge in [0.2, 0.25) is 0 Å². The summed E-state index contributed by atoms with van der Waals surface area (Å²) in [5.74, 6) is 0. The molecule has 4 heteroatoms. The van der Waals surface area contributed by atoms with E-state index in [2.05, 4.69) is 9.98 Å². The number of nitrogens with zero attached hydrogens (tertiary/aromatic N) is 4. The predicted octanol–water partition coefficient (Wildman–Crippen LogP) is 0.790. The zero-order valence-electron chi connectivity index (χ0n) is 5.65. The second-order valence-corrected chi connectivity index (χ2v) is 1.78. The van der Waals surface area contributed by atoms with Gasteiger partial charge in [-0.25, -0.2) is 9.98 Å². The minimum Gasteiger partial charge on any atom is -0.247 e. The van der Waals surface area contributed by atoms with Gasteiger partial charge in [-0.1, -0.05) is 0 Å². The lowest BCUT2D eigenvalue weighted by atomic mass is 10.4. The molecule has 0 bridgehead atoms. The molecule has 0 aliphatic carbocycles. The fourth-order valence-corrected chi connectivity index (χ4v) is 0.621. The smallest absolute Gasteiger partial charge is 0.176 e. The van der Waals surface area contributed by atoms with E-state index in [1.54, 1.807) is 24.6 Å². The zero-order valence-corrected chi connectivity index (χ0v) is 5.65. The number of hydrogen-bond acceptors (Lipinski definition) is 4. The Morgan fingerprint density at radius 1 is 1.09 bits per heavy atom. The first-order valence-electron chi connectivity index (χ1n) is 2.98. The Kier molecular flexibility index (Phi) is 2.14. The van der Waals surface area contributed by atoms with Gasteiger partial charge in [-0.05, 0) is 0 Å². The van der Waals surface area contributed by atoms with Crippen LogP contribution in [0, 0.1) is 22.7 Å². The van der Waals surface area contributed by atoms with Gasteiger partial charge in [0, 0.05) is 18.9 Å². The van der Waals surface area contributed by atoms with Crippen molar-refractivity contribution in [3.8, 4) is 12.1 Å². The summed E-state index contributed by atoms with van der Waals surface area (Å²) in [6.45, 7) is 0. The van der Waals surface area contributed by atoms with Crippen LogP contribution in [0.15, 0.2) is 21.4 Å². The lowest BCUT2D eigenvalue weighted by Crippen LogP contribution is -1.79. The van der Waals surface area contributed by atoms with Crippen molar-refractivity contribution in [2.75, 3.05) is 0 Å². The first kappa shape index (κ1) is 7.17. The van der Waals surface area contributed by atoms with Gasteiger partial charge in [-0.2, -0.15) is 10.5 Å². The van der Waals surface area contributed by atoms with Gasteiger partial charge in [0.15, 0.2) is 11.4 Å². The Hall–Kier alpha value is -1.94. The summed E-state index contributed by atoms with van der Waals surface area (Å²) in [5.41, 5.74) is 0.169. The van der Waals surface area contributed by atoms with E-state index in [1.165, 1.54) is 0 Å². The van der Waals surface area contributed by atoms with Gasteiger partial charge in [0.1, 0.15) is 12.1 Å². The van der Waals surface area contributed by atoms with Crippen LogP contribution in [0.1, 0.15) is 6.42 Å². The molecule has 0 aromatic heterocycles. The summed E-state index contributed by atoms with van der Waals surface area (Å²) in [6, 6.07) is 3.58. The number of nitriles is 2. The normalized spacial score (nSPS) is 15.5. The molecule has 0 aromatic rings. The molecular formula is C7H4N4. The number of hydrogen-bond donors (Lipinski definition) is 0. The average molecular weight is 144 g/mol. The first-order valence-corrected chi connectivity index (χ1v) is 2.98. The molecule has 0 aromatic carbocycles. The molecule has 0 fully saturated rings. The molecule has 0 amide bonds. The molecule has 1 heterocycles. The van der Waals surface area contributed by atoms with Gasteiger partial charge in [0.05, 0.1) is 0 Å². The van der Waals surface area contributed by atoms with Crippen molar-refractivity contribution in [3.63, 3.8) is 0 Å². The van der Waals surface area contributed by atoms with E-state index in [1.807, 2.05) is 0 Å². The van der Waals surface area contributed by atoms with Crippen LogP contribution < -0.4 is 0 Å². The molecule has 1 aliphatic heterocycles. The van der Waals surface area contributed by atoms with E-state index in [-0.39, 0.29) is 11.4 Å². The van der Waals surface area contributed by atoms with Crippen LogP contribution >= 0.6 is 0 Å². The van der Waals surface area contributed by atoms with Crippen molar-refractivity contribution in [2.24, 2.45) is 9.98 Å². The number of rotatable bonds is 0. The van der Waals surface area contributed by atoms with Gasteiger partial charge in [0.25, 0.3) is 0 Å². The summed E-state index contributed by atoms with van der Waals surface area (Å²) in [5, 5.41) is 16.9. The highest BCUT2D eigenvalue weighted by molar-refractivity contribution is 5.82. The van der Waals surface area contributed by atoms with E-state index in [9.17, 15) is 0 Å². The van der Waals surface area contributed by atoms with Crippen molar-refractivity contribution in [2.45, 2.75) is 6.42 Å². The number of aliphatic imine (C=N–C) groups is 2. The van der Waals surface area contributed by atoms with E-state index < -0.39 is 0 Å². The maximum Gasteiger partial charge on any atom is 0.176 e. The second-order valence-electron chi connectivity index (χ2n) is 1.78. The second kappa shape index (κ2) is 3.28. The van der Waals surface area contributed by atoms with Gasteiger partial charge >= 0.3 is 0 Å². The highest BCUT2D eigenvalue weighted by Crippen LogP contribution is 2.07. The van der Waals surface area contributed by atoms with Crippen LogP contribution in [0.25, 0.3) is 0 Å². The number of allylic oxidation sites excluding steroid dienone is 2. The van der Waals surface area contributed by atoms with Gasteiger partial charge in [-0.15, -0.1) is 0 Å². The van der Waals surface area contributed by atoms with Crippen LogP contribution in [0.3, 0.4) is 0 Å². The largest absolute Gasteiger partial charge is 0.247 e. The summed E-state index contributed by atoms with van der Waals surface area (Å²) >= 11 is 0. The quantitative estimate of drug-likeness (QED) is 0.504. The topological polar surface area (TPSA) is 72.3 Å². The molecule has 0 unspecified atom stereocenters. The van der Waals surface area contributed by atoms with Crippen molar-refractivity contribution in [1.82, 2.24) is 0 Å². The molecule has 1 aliphatic rings. The molecular weight excluding hydrogens is 140 g/mol. The first-order chi connectivity index (χ1) is 5.38. The molecule has 0 N–H and O–H groups in total. The Bertz CT molecular complexity index is 289. The Balaban J connectivity index is 3.15. The highest BCUT2D eigenvalue weighted by atomic mass is 14.8. The minimum absolute atomic E-state index is 0.0845. The lowest BCUT2D eigenvalue weighted by molar-refractivity contribution is 1.28. The van der Waals surface area contributed by atoms with Crippen molar-refractivity contribution < 1.29 is 0 Å². The van der Waals surface area contributed by atoms with Crippen molar-refractivity contribution in [3.05, 3.63) is 11.4 Å². The standard InChI is InChI=1S/C7H4N4/c8-4-6-7(5-9)11-3-1-2-10-6/h2-3H,1H2. The molecule has 1 rings (SSSR count). The summed E-state index contributed by atoms with van der Waals surface area (Å²) in [7, 11) is 0. The van der Waals surface area contributed by atoms with E-state index in [0.717, 1.165) is 0 Å². The third-order valence-corrected chi connectivity index (χ3v) is 1.09. The third kappa shape index (κ3) is 1.50. The molecule has 52 valence electrons. The lowest BCUT2D eigenvalue weighted by Gasteiger charge is -1.85. The van der Waals surface area contributed by atoms with Gasteiger partial charge in [-0.3, -0.25) is 0 Å². The van der Waals surface area contributed by atoms with E-state index >= 15 is 0 Å². The zero-order chi connectivity index (χ0) is 8.10. The van der Waals surface area contributed by atoms with Crippen molar-refractivity contribution >= 4 is 12.4 Å². The molecule has 0 saturated carbocycles. The van der Waals surface area contributed by atoms with Crippen LogP contribution in [-0.2, 0) is 0 Å². The molecule has 0 radical (unpaired) electrons. The maximum atomic E-state index is 8.47. The molecule has 0 saturated heterocycles. The molecule has 11 heavy (non-hydrogen) atoms. The van der Waals surface area contributed by atoms with Gasteiger partial charge < -0.3 is 0 Å². The SMILES string of the molecule is N#CC1=C(C#N)N=CCC=N1. The van der Waals surface area contributed by atoms with Crippen LogP contribution in [0.5, 0.6) is 0 Å². The third-order valence-electron chi connectivity index (χ3n) is 1.09. The minimum atomic E-state index is 0.0845. The molecule has 4 nitrogen and oxygen atoms in total. The van der Waals surface area contributed by atoms with Crippen LogP contribution in [0.4, 0.5) is 0 Å². The Morgan fingerprint density at radius 2 is 1.55 bits per heavy atom. The summed E-state index contributed by atoms with van der Waals surface area (Å²) in [6.07, 6.45) is 3.66. The van der Waals surface area contributed by atoms with E-state index in [0.29, 0.717) is 6.42 Å². The van der Waals surface area contributed by atoms with E-state index in [4.69, 9.17) is 10.5 Å². The Morgan fingerprint density at radius 3 is 1.91 bits per heavy atom. The fraction of sp³-hybridized carbons (Fsp3) is 0.143. The van der Waals surface area contributed by atoms with Crippen LogP contribution in [0.2, 0.25) is 0 Å². The van der Waals surface area contributed by atoms with Crippen LogP contribution in [-0.4, -0.2) is 12.4 Å². The monoisotopic (exact) mass is 144 g/mol. The Labute approximate surface area is 63.8 Å². The average Bonchev–Trinajstić information content (AvgIpc) is 2.27. The summed E-state index contributed by atoms with van der Waals surface area (Å²) in [4.78, 5) is 7.48. The highest BCUT2D eigenvalue weighted by Gasteiger charge is 2.03. The summed E-state index contributed by atoms with van der Waals surface area (Å²) < 4.78 is 0. The maximum absolute atomic E-state index is 8.47. The van der Waals surface area contributed by atoms with Crippen molar-refractivity contribution in [1.29, 1.82) is 10.5 Å². The predicted molar refractivity (Wildman–Crippen MR) is 39.9 cm³/mol. The fourth-order valence-electron chi connectivity index (χ4n) is 0.621.